The maximum atomic E-state index is 11.6. The first-order valence-corrected chi connectivity index (χ1v) is 5.90. The van der Waals surface area contributed by atoms with Crippen LogP contribution >= 0.6 is 0 Å². The fraction of sp³-hybridized carbons (Fsp3) is 0.200. The number of aryl methyl sites for hydroxylation is 1. The number of aromatic nitrogens is 1. The Hall–Kier alpha value is -2.20. The van der Waals surface area contributed by atoms with Crippen molar-refractivity contribution in [1.82, 2.24) is 4.98 Å². The highest BCUT2D eigenvalue weighted by atomic mass is 16.5. The molecule has 0 aliphatic carbocycles. The van der Waals surface area contributed by atoms with Crippen LogP contribution in [0.5, 0.6) is 0 Å². The van der Waals surface area contributed by atoms with Crippen LogP contribution in [0, 0.1) is 6.92 Å². The number of esters is 1. The largest absolute Gasteiger partial charge is 0.465 e. The van der Waals surface area contributed by atoms with Crippen molar-refractivity contribution in [2.75, 3.05) is 7.11 Å². The lowest BCUT2D eigenvalue weighted by Crippen LogP contribution is -2.03. The molecule has 0 saturated carbocycles. The summed E-state index contributed by atoms with van der Waals surface area (Å²) in [6.45, 7) is 1.84. The van der Waals surface area contributed by atoms with Crippen molar-refractivity contribution in [1.29, 1.82) is 0 Å². The van der Waals surface area contributed by atoms with Crippen molar-refractivity contribution < 1.29 is 14.6 Å². The number of aliphatic hydroxyl groups is 1. The third-order valence-corrected chi connectivity index (χ3v) is 2.95. The molecule has 0 amide bonds. The molecule has 0 fully saturated rings. The fourth-order valence-corrected chi connectivity index (χ4v) is 1.94. The Kier molecular flexibility index (Phi) is 3.92. The van der Waals surface area contributed by atoms with Crippen LogP contribution in [0.1, 0.15) is 21.5 Å². The molecule has 1 aromatic carbocycles. The van der Waals surface area contributed by atoms with Gasteiger partial charge in [-0.05, 0) is 47.9 Å². The Bertz CT molecular complexity index is 608. The van der Waals surface area contributed by atoms with E-state index in [1.165, 1.54) is 7.11 Å². The standard InChI is InChI=1S/C15H15NO3/c1-10-3-4-16-8-14(10)12-5-11(9-17)6-13(7-12)15(18)19-2/h3-8,17H,9H2,1-2H3. The summed E-state index contributed by atoms with van der Waals surface area (Å²) < 4.78 is 4.72. The fourth-order valence-electron chi connectivity index (χ4n) is 1.94. The lowest BCUT2D eigenvalue weighted by Gasteiger charge is -2.09. The molecule has 1 aromatic heterocycles. The smallest absolute Gasteiger partial charge is 0.337 e. The first-order chi connectivity index (χ1) is 9.15. The van der Waals surface area contributed by atoms with E-state index in [1.807, 2.05) is 19.1 Å². The number of carbonyl (C=O) groups is 1. The molecule has 0 spiro atoms. The molecule has 19 heavy (non-hydrogen) atoms. The van der Waals surface area contributed by atoms with Gasteiger partial charge in [-0.15, -0.1) is 0 Å². The highest BCUT2D eigenvalue weighted by Gasteiger charge is 2.11. The van der Waals surface area contributed by atoms with Gasteiger partial charge in [0.25, 0.3) is 0 Å². The van der Waals surface area contributed by atoms with E-state index in [2.05, 4.69) is 4.98 Å². The number of methoxy groups -OCH3 is 1. The van der Waals surface area contributed by atoms with E-state index < -0.39 is 5.97 Å². The number of pyridine rings is 1. The van der Waals surface area contributed by atoms with Crippen molar-refractivity contribution in [3.8, 4) is 11.1 Å². The predicted octanol–water partition coefficient (Wildman–Crippen LogP) is 2.34. The van der Waals surface area contributed by atoms with Gasteiger partial charge in [0.1, 0.15) is 0 Å². The summed E-state index contributed by atoms with van der Waals surface area (Å²) >= 11 is 0. The van der Waals surface area contributed by atoms with Crippen molar-refractivity contribution in [2.24, 2.45) is 0 Å². The summed E-state index contributed by atoms with van der Waals surface area (Å²) in [5.41, 5.74) is 3.93. The van der Waals surface area contributed by atoms with E-state index >= 15 is 0 Å². The van der Waals surface area contributed by atoms with Crippen molar-refractivity contribution in [3.05, 3.63) is 53.3 Å². The normalized spacial score (nSPS) is 10.3. The molecule has 0 atom stereocenters. The summed E-state index contributed by atoms with van der Waals surface area (Å²) in [5.74, 6) is -0.418. The third-order valence-electron chi connectivity index (χ3n) is 2.95. The maximum Gasteiger partial charge on any atom is 0.337 e. The lowest BCUT2D eigenvalue weighted by molar-refractivity contribution is 0.0600. The number of aliphatic hydroxyl groups excluding tert-OH is 1. The molecule has 0 radical (unpaired) electrons. The van der Waals surface area contributed by atoms with Gasteiger partial charge in [0.2, 0.25) is 0 Å². The van der Waals surface area contributed by atoms with Gasteiger partial charge in [-0.1, -0.05) is 0 Å². The molecule has 2 aromatic rings. The average molecular weight is 257 g/mol. The van der Waals surface area contributed by atoms with Crippen LogP contribution in [0.15, 0.2) is 36.7 Å². The van der Waals surface area contributed by atoms with Gasteiger partial charge in [0.15, 0.2) is 0 Å². The molecule has 1 N–H and O–H groups in total. The molecular formula is C15H15NO3. The highest BCUT2D eigenvalue weighted by molar-refractivity contribution is 5.91. The third kappa shape index (κ3) is 2.80. The van der Waals surface area contributed by atoms with E-state index in [9.17, 15) is 9.90 Å². The minimum absolute atomic E-state index is 0.128. The Morgan fingerprint density at radius 2 is 2.16 bits per heavy atom. The average Bonchev–Trinajstić information content (AvgIpc) is 2.46. The molecule has 0 aliphatic heterocycles. The van der Waals surface area contributed by atoms with Gasteiger partial charge < -0.3 is 9.84 Å². The maximum absolute atomic E-state index is 11.6. The second-order valence-electron chi connectivity index (χ2n) is 4.26. The number of carbonyl (C=O) groups excluding carboxylic acids is 1. The second-order valence-corrected chi connectivity index (χ2v) is 4.26. The number of nitrogens with zero attached hydrogens (tertiary/aromatic N) is 1. The van der Waals surface area contributed by atoms with Gasteiger partial charge in [0, 0.05) is 18.0 Å². The van der Waals surface area contributed by atoms with Crippen LogP contribution in [0.2, 0.25) is 0 Å². The topological polar surface area (TPSA) is 59.4 Å². The van der Waals surface area contributed by atoms with Gasteiger partial charge in [-0.25, -0.2) is 4.79 Å². The number of benzene rings is 1. The van der Waals surface area contributed by atoms with Crippen molar-refractivity contribution in [3.63, 3.8) is 0 Å². The van der Waals surface area contributed by atoms with E-state index in [-0.39, 0.29) is 6.61 Å². The molecule has 0 unspecified atom stereocenters. The van der Waals surface area contributed by atoms with Crippen LogP contribution < -0.4 is 0 Å². The van der Waals surface area contributed by atoms with Crippen LogP contribution in [0.3, 0.4) is 0 Å². The summed E-state index contributed by atoms with van der Waals surface area (Å²) in [4.78, 5) is 15.7. The number of hydrogen-bond donors (Lipinski definition) is 1. The van der Waals surface area contributed by atoms with Crippen LogP contribution in [0.25, 0.3) is 11.1 Å². The summed E-state index contributed by atoms with van der Waals surface area (Å²) in [6, 6.07) is 7.12. The SMILES string of the molecule is COC(=O)c1cc(CO)cc(-c2cnccc2C)c1. The van der Waals surface area contributed by atoms with E-state index in [0.717, 1.165) is 16.7 Å². The summed E-state index contributed by atoms with van der Waals surface area (Å²) in [7, 11) is 1.34. The molecule has 4 heteroatoms. The van der Waals surface area contributed by atoms with Gasteiger partial charge in [0.05, 0.1) is 19.3 Å². The zero-order valence-corrected chi connectivity index (χ0v) is 10.9. The molecule has 4 nitrogen and oxygen atoms in total. The quantitative estimate of drug-likeness (QED) is 0.857. The Labute approximate surface area is 111 Å². The zero-order valence-electron chi connectivity index (χ0n) is 10.9. The molecule has 0 aliphatic rings. The summed E-state index contributed by atoms with van der Waals surface area (Å²) in [6.07, 6.45) is 3.46. The van der Waals surface area contributed by atoms with Gasteiger partial charge in [-0.2, -0.15) is 0 Å². The van der Waals surface area contributed by atoms with Crippen LogP contribution in [0.4, 0.5) is 0 Å². The monoisotopic (exact) mass is 257 g/mol. The summed E-state index contributed by atoms with van der Waals surface area (Å²) in [5, 5.41) is 9.29. The van der Waals surface area contributed by atoms with Gasteiger partial charge >= 0.3 is 5.97 Å². The number of hydrogen-bond acceptors (Lipinski definition) is 4. The Morgan fingerprint density at radius 1 is 1.37 bits per heavy atom. The highest BCUT2D eigenvalue weighted by Crippen LogP contribution is 2.25. The van der Waals surface area contributed by atoms with Gasteiger partial charge in [-0.3, -0.25) is 4.98 Å². The van der Waals surface area contributed by atoms with E-state index in [0.29, 0.717) is 11.1 Å². The molecule has 0 bridgehead atoms. The van der Waals surface area contributed by atoms with E-state index in [1.54, 1.807) is 24.5 Å². The zero-order chi connectivity index (χ0) is 13.8. The van der Waals surface area contributed by atoms with Crippen LogP contribution in [-0.4, -0.2) is 23.2 Å². The van der Waals surface area contributed by atoms with E-state index in [4.69, 9.17) is 4.74 Å². The second kappa shape index (κ2) is 5.63. The van der Waals surface area contributed by atoms with Crippen molar-refractivity contribution >= 4 is 5.97 Å². The molecular weight excluding hydrogens is 242 g/mol. The first-order valence-electron chi connectivity index (χ1n) is 5.90. The first kappa shape index (κ1) is 13.2. The molecule has 1 heterocycles. The Balaban J connectivity index is 2.57. The molecule has 0 saturated heterocycles. The predicted molar refractivity (Wildman–Crippen MR) is 71.7 cm³/mol. The number of rotatable bonds is 3. The minimum Gasteiger partial charge on any atom is -0.465 e. The van der Waals surface area contributed by atoms with Crippen LogP contribution in [-0.2, 0) is 11.3 Å². The molecule has 98 valence electrons. The minimum atomic E-state index is -0.418. The Morgan fingerprint density at radius 3 is 2.79 bits per heavy atom. The number of ether oxygens (including phenoxy) is 1. The lowest BCUT2D eigenvalue weighted by atomic mass is 9.98. The molecule has 2 rings (SSSR count). The van der Waals surface area contributed by atoms with Crippen molar-refractivity contribution in [2.45, 2.75) is 13.5 Å².